The molecule has 0 atom stereocenters. The zero-order chi connectivity index (χ0) is 14.2. The first-order chi connectivity index (χ1) is 9.74. The van der Waals surface area contributed by atoms with E-state index in [2.05, 4.69) is 4.90 Å². The molecule has 1 heterocycles. The Bertz CT molecular complexity index is 470. The largest absolute Gasteiger partial charge is 0.492 e. The summed E-state index contributed by atoms with van der Waals surface area (Å²) in [5, 5.41) is 8.60. The van der Waals surface area contributed by atoms with Crippen LogP contribution in [0.1, 0.15) is 5.56 Å². The number of rotatable bonds is 6. The number of benzene rings is 1. The summed E-state index contributed by atoms with van der Waals surface area (Å²) in [6.45, 7) is 3.87. The van der Waals surface area contributed by atoms with Crippen molar-refractivity contribution in [3.8, 4) is 5.75 Å². The predicted octanol–water partition coefficient (Wildman–Crippen LogP) is 2.21. The fourth-order valence-electron chi connectivity index (χ4n) is 1.99. The summed E-state index contributed by atoms with van der Waals surface area (Å²) in [5.41, 5.74) is 0.833. The summed E-state index contributed by atoms with van der Waals surface area (Å²) >= 11 is 2.00. The Labute approximate surface area is 123 Å². The molecule has 5 heteroatoms. The van der Waals surface area contributed by atoms with Gasteiger partial charge in [-0.15, -0.1) is 0 Å². The molecule has 1 saturated heterocycles. The molecule has 0 spiro atoms. The molecule has 0 amide bonds. The van der Waals surface area contributed by atoms with E-state index in [1.165, 1.54) is 11.5 Å². The summed E-state index contributed by atoms with van der Waals surface area (Å²) in [6, 6.07) is 7.47. The van der Waals surface area contributed by atoms with Gasteiger partial charge in [0.05, 0.1) is 0 Å². The first-order valence-electron chi connectivity index (χ1n) is 6.68. The predicted molar refractivity (Wildman–Crippen MR) is 82.4 cm³/mol. The van der Waals surface area contributed by atoms with E-state index in [0.717, 1.165) is 37.0 Å². The molecule has 0 aromatic heterocycles. The number of aliphatic carboxylic acids is 1. The summed E-state index contributed by atoms with van der Waals surface area (Å²) in [5.74, 6) is 2.24. The SMILES string of the molecule is O=C(O)C=Cc1cccc(OCCN2CCSCC2)c1. The van der Waals surface area contributed by atoms with Gasteiger partial charge >= 0.3 is 5.97 Å². The molecule has 1 aliphatic heterocycles. The molecule has 108 valence electrons. The molecule has 0 unspecified atom stereocenters. The highest BCUT2D eigenvalue weighted by Gasteiger charge is 2.09. The Kier molecular flexibility index (Phi) is 5.95. The van der Waals surface area contributed by atoms with E-state index in [0.29, 0.717) is 6.61 Å². The Morgan fingerprint density at radius 1 is 1.40 bits per heavy atom. The lowest BCUT2D eigenvalue weighted by atomic mass is 10.2. The van der Waals surface area contributed by atoms with Crippen LogP contribution in [0.5, 0.6) is 5.75 Å². The third kappa shape index (κ3) is 5.27. The molecule has 1 fully saturated rings. The molecule has 1 aromatic carbocycles. The number of ether oxygens (including phenoxy) is 1. The van der Waals surface area contributed by atoms with E-state index in [1.54, 1.807) is 6.08 Å². The molecular weight excluding hydrogens is 274 g/mol. The average Bonchev–Trinajstić information content (AvgIpc) is 2.47. The maximum atomic E-state index is 10.5. The van der Waals surface area contributed by atoms with Crippen LogP contribution in [-0.4, -0.2) is 53.7 Å². The van der Waals surface area contributed by atoms with Gasteiger partial charge in [-0.25, -0.2) is 4.79 Å². The van der Waals surface area contributed by atoms with Crippen LogP contribution in [0.3, 0.4) is 0 Å². The molecule has 0 aliphatic carbocycles. The van der Waals surface area contributed by atoms with E-state index in [9.17, 15) is 4.79 Å². The van der Waals surface area contributed by atoms with Crippen LogP contribution >= 0.6 is 11.8 Å². The highest BCUT2D eigenvalue weighted by atomic mass is 32.2. The number of hydrogen-bond donors (Lipinski definition) is 1. The van der Waals surface area contributed by atoms with E-state index in [1.807, 2.05) is 36.0 Å². The maximum absolute atomic E-state index is 10.5. The van der Waals surface area contributed by atoms with Crippen LogP contribution in [0.4, 0.5) is 0 Å². The molecule has 1 N–H and O–H groups in total. The van der Waals surface area contributed by atoms with Crippen LogP contribution in [-0.2, 0) is 4.79 Å². The minimum absolute atomic E-state index is 0.663. The van der Waals surface area contributed by atoms with Gasteiger partial charge in [-0.1, -0.05) is 12.1 Å². The van der Waals surface area contributed by atoms with Crippen molar-refractivity contribution < 1.29 is 14.6 Å². The van der Waals surface area contributed by atoms with Gasteiger partial charge in [0, 0.05) is 37.2 Å². The first kappa shape index (κ1) is 14.9. The molecule has 0 saturated carbocycles. The molecule has 4 nitrogen and oxygen atoms in total. The van der Waals surface area contributed by atoms with Crippen molar-refractivity contribution in [2.24, 2.45) is 0 Å². The van der Waals surface area contributed by atoms with Gasteiger partial charge in [-0.05, 0) is 23.8 Å². The van der Waals surface area contributed by atoms with Gasteiger partial charge in [0.25, 0.3) is 0 Å². The first-order valence-corrected chi connectivity index (χ1v) is 7.83. The summed E-state index contributed by atoms with van der Waals surface area (Å²) in [4.78, 5) is 12.9. The van der Waals surface area contributed by atoms with Gasteiger partial charge in [0.15, 0.2) is 0 Å². The van der Waals surface area contributed by atoms with Crippen LogP contribution in [0.2, 0.25) is 0 Å². The van der Waals surface area contributed by atoms with E-state index in [-0.39, 0.29) is 0 Å². The van der Waals surface area contributed by atoms with Gasteiger partial charge in [-0.3, -0.25) is 4.90 Å². The van der Waals surface area contributed by atoms with Gasteiger partial charge in [-0.2, -0.15) is 11.8 Å². The number of hydrogen-bond acceptors (Lipinski definition) is 4. The second kappa shape index (κ2) is 7.97. The lowest BCUT2D eigenvalue weighted by Crippen LogP contribution is -2.35. The normalized spacial score (nSPS) is 16.4. The highest BCUT2D eigenvalue weighted by Crippen LogP contribution is 2.15. The third-order valence-electron chi connectivity index (χ3n) is 3.06. The van der Waals surface area contributed by atoms with Crippen molar-refractivity contribution in [1.82, 2.24) is 4.90 Å². The minimum Gasteiger partial charge on any atom is -0.492 e. The van der Waals surface area contributed by atoms with Crippen molar-refractivity contribution >= 4 is 23.8 Å². The second-order valence-electron chi connectivity index (χ2n) is 4.55. The summed E-state index contributed by atoms with van der Waals surface area (Å²) in [6.07, 6.45) is 2.70. The maximum Gasteiger partial charge on any atom is 0.328 e. The fraction of sp³-hybridized carbons (Fsp3) is 0.400. The molecule has 1 aromatic rings. The Hall–Kier alpha value is -1.46. The van der Waals surface area contributed by atoms with Crippen LogP contribution in [0.25, 0.3) is 6.08 Å². The second-order valence-corrected chi connectivity index (χ2v) is 5.77. The summed E-state index contributed by atoms with van der Waals surface area (Å²) in [7, 11) is 0. The minimum atomic E-state index is -0.945. The van der Waals surface area contributed by atoms with Crippen molar-refractivity contribution in [3.05, 3.63) is 35.9 Å². The van der Waals surface area contributed by atoms with Crippen LogP contribution in [0, 0.1) is 0 Å². The number of thioether (sulfide) groups is 1. The Morgan fingerprint density at radius 2 is 2.20 bits per heavy atom. The molecule has 0 radical (unpaired) electrons. The van der Waals surface area contributed by atoms with Crippen molar-refractivity contribution in [2.45, 2.75) is 0 Å². The van der Waals surface area contributed by atoms with Crippen LogP contribution in [0.15, 0.2) is 30.3 Å². The monoisotopic (exact) mass is 293 g/mol. The average molecular weight is 293 g/mol. The number of carbonyl (C=O) groups is 1. The lowest BCUT2D eigenvalue weighted by molar-refractivity contribution is -0.131. The molecule has 2 rings (SSSR count). The van der Waals surface area contributed by atoms with E-state index < -0.39 is 5.97 Å². The van der Waals surface area contributed by atoms with Gasteiger partial charge in [0.2, 0.25) is 0 Å². The Morgan fingerprint density at radius 3 is 2.95 bits per heavy atom. The van der Waals surface area contributed by atoms with Crippen molar-refractivity contribution in [1.29, 1.82) is 0 Å². The van der Waals surface area contributed by atoms with Crippen molar-refractivity contribution in [2.75, 3.05) is 37.7 Å². The van der Waals surface area contributed by atoms with Gasteiger partial charge < -0.3 is 9.84 Å². The molecule has 0 bridgehead atoms. The zero-order valence-corrected chi connectivity index (χ0v) is 12.1. The zero-order valence-electron chi connectivity index (χ0n) is 11.3. The van der Waals surface area contributed by atoms with Crippen molar-refractivity contribution in [3.63, 3.8) is 0 Å². The van der Waals surface area contributed by atoms with Crippen LogP contribution < -0.4 is 4.74 Å². The number of carboxylic acids is 1. The molecule has 20 heavy (non-hydrogen) atoms. The topological polar surface area (TPSA) is 49.8 Å². The standard InChI is InChI=1S/C15H19NO3S/c17-15(18)5-4-13-2-1-3-14(12-13)19-9-6-16-7-10-20-11-8-16/h1-5,12H,6-11H2,(H,17,18). The fourth-order valence-corrected chi connectivity index (χ4v) is 2.97. The number of nitrogens with zero attached hydrogens (tertiary/aromatic N) is 1. The smallest absolute Gasteiger partial charge is 0.328 e. The highest BCUT2D eigenvalue weighted by molar-refractivity contribution is 7.99. The van der Waals surface area contributed by atoms with Gasteiger partial charge in [0.1, 0.15) is 12.4 Å². The van der Waals surface area contributed by atoms with E-state index in [4.69, 9.17) is 9.84 Å². The lowest BCUT2D eigenvalue weighted by Gasteiger charge is -2.25. The quantitative estimate of drug-likeness (QED) is 0.815. The molecule has 1 aliphatic rings. The third-order valence-corrected chi connectivity index (χ3v) is 4.00. The summed E-state index contributed by atoms with van der Waals surface area (Å²) < 4.78 is 5.73. The number of carboxylic acid groups (broad SMARTS) is 1. The molecular formula is C15H19NO3S. The van der Waals surface area contributed by atoms with E-state index >= 15 is 0 Å². The Balaban J connectivity index is 1.80.